The number of anilines is 1. The lowest BCUT2D eigenvalue weighted by atomic mass is 9.68. The number of fused-ring (bicyclic) bond motifs is 4. The molecule has 6 rings (SSSR count). The quantitative estimate of drug-likeness (QED) is 0.429. The molecular formula is C30H37ClN2O6S. The summed E-state index contributed by atoms with van der Waals surface area (Å²) in [6.07, 6.45) is 4.16. The Morgan fingerprint density at radius 1 is 1.05 bits per heavy atom. The predicted molar refractivity (Wildman–Crippen MR) is 154 cm³/mol. The molecule has 1 spiro atoms. The molecule has 0 saturated heterocycles. The first-order chi connectivity index (χ1) is 19.1. The number of rotatable bonds is 0. The average Bonchev–Trinajstić information content (AvgIpc) is 3.05. The van der Waals surface area contributed by atoms with Gasteiger partial charge in [0, 0.05) is 29.1 Å². The summed E-state index contributed by atoms with van der Waals surface area (Å²) in [5.74, 6) is -0.0322. The van der Waals surface area contributed by atoms with Crippen LogP contribution in [-0.2, 0) is 21.9 Å². The molecule has 0 aromatic heterocycles. The second-order valence-corrected chi connectivity index (χ2v) is 14.4. The number of ether oxygens (including phenoxy) is 1. The minimum Gasteiger partial charge on any atom is -0.490 e. The SMILES string of the molecule is O=C1NS(=O)(=O)CCC(O)CC[C@H](O)[C@@H]2CC[C@H]2CN2C[C@@]3(CCCc4cc(Cl)ccc43)COc3ccc1cc32. The first kappa shape index (κ1) is 27.8. The van der Waals surface area contributed by atoms with Crippen LogP contribution in [0.3, 0.4) is 0 Å². The van der Waals surface area contributed by atoms with Crippen LogP contribution >= 0.6 is 11.6 Å². The number of aliphatic hydroxyl groups excluding tert-OH is 2. The number of hydrogen-bond acceptors (Lipinski definition) is 7. The Kier molecular flexibility index (Phi) is 7.52. The Balaban J connectivity index is 1.40. The van der Waals surface area contributed by atoms with Gasteiger partial charge in [0.1, 0.15) is 5.75 Å². The summed E-state index contributed by atoms with van der Waals surface area (Å²) >= 11 is 6.36. The maximum absolute atomic E-state index is 13.1. The summed E-state index contributed by atoms with van der Waals surface area (Å²) in [6, 6.07) is 11.2. The molecule has 1 saturated carbocycles. The lowest BCUT2D eigenvalue weighted by molar-refractivity contribution is 0.00133. The number of aryl methyl sites for hydroxylation is 1. The molecule has 8 nitrogen and oxygen atoms in total. The van der Waals surface area contributed by atoms with Gasteiger partial charge in [-0.1, -0.05) is 17.7 Å². The largest absolute Gasteiger partial charge is 0.490 e. The van der Waals surface area contributed by atoms with Gasteiger partial charge in [-0.2, -0.15) is 0 Å². The smallest absolute Gasteiger partial charge is 0.264 e. The van der Waals surface area contributed by atoms with Crippen molar-refractivity contribution in [1.82, 2.24) is 4.72 Å². The van der Waals surface area contributed by atoms with E-state index in [-0.39, 0.29) is 35.0 Å². The fraction of sp³-hybridized carbons (Fsp3) is 0.567. The van der Waals surface area contributed by atoms with Gasteiger partial charge in [-0.3, -0.25) is 4.79 Å². The van der Waals surface area contributed by atoms with Gasteiger partial charge < -0.3 is 19.8 Å². The van der Waals surface area contributed by atoms with Crippen molar-refractivity contribution in [2.45, 2.75) is 69.0 Å². The standard InChI is InChI=1S/C30H37ClN2O6S/c31-22-5-8-25-19(14-22)2-1-12-30(25)17-33-16-21-3-7-24(21)27(35)9-6-23(34)11-13-40(37,38)32-29(36)20-4-10-28(39-18-30)26(33)15-20/h4-5,8,10,14-15,21,23-24,27,34-35H,1-3,6-7,9,11-13,16-18H2,(H,32,36)/t21-,23?,24+,27-,30-/m0/s1. The summed E-state index contributed by atoms with van der Waals surface area (Å²) in [4.78, 5) is 15.4. The lowest BCUT2D eigenvalue weighted by Gasteiger charge is -2.46. The third-order valence-corrected chi connectivity index (χ3v) is 11.0. The number of carbonyl (C=O) groups is 1. The number of sulfonamides is 1. The molecule has 2 aliphatic carbocycles. The fourth-order valence-corrected chi connectivity index (χ4v) is 8.41. The van der Waals surface area contributed by atoms with Crippen LogP contribution in [0, 0.1) is 11.8 Å². The van der Waals surface area contributed by atoms with Crippen molar-refractivity contribution in [2.75, 3.05) is 30.3 Å². The van der Waals surface area contributed by atoms with E-state index in [0.29, 0.717) is 38.3 Å². The second-order valence-electron chi connectivity index (χ2n) is 12.1. The molecule has 10 heteroatoms. The van der Waals surface area contributed by atoms with Crippen molar-refractivity contribution in [3.05, 3.63) is 58.1 Å². The van der Waals surface area contributed by atoms with E-state index in [4.69, 9.17) is 16.3 Å². The highest BCUT2D eigenvalue weighted by Crippen LogP contribution is 2.47. The van der Waals surface area contributed by atoms with E-state index in [1.165, 1.54) is 11.1 Å². The molecule has 2 aliphatic heterocycles. The van der Waals surface area contributed by atoms with Crippen LogP contribution in [0.5, 0.6) is 5.75 Å². The molecule has 4 aliphatic rings. The number of aliphatic hydroxyl groups is 2. The molecule has 1 amide bonds. The average molecular weight is 589 g/mol. The minimum atomic E-state index is -3.94. The van der Waals surface area contributed by atoms with Crippen LogP contribution in [0.1, 0.15) is 66.4 Å². The van der Waals surface area contributed by atoms with Gasteiger partial charge in [0.05, 0.1) is 30.3 Å². The molecule has 2 aromatic rings. The van der Waals surface area contributed by atoms with Gasteiger partial charge in [-0.25, -0.2) is 13.1 Å². The zero-order valence-corrected chi connectivity index (χ0v) is 24.1. The molecule has 1 unspecified atom stereocenters. The monoisotopic (exact) mass is 588 g/mol. The summed E-state index contributed by atoms with van der Waals surface area (Å²) in [7, 11) is -3.94. The van der Waals surface area contributed by atoms with Crippen molar-refractivity contribution in [2.24, 2.45) is 11.8 Å². The summed E-state index contributed by atoms with van der Waals surface area (Å²) < 4.78 is 33.9. The number of nitrogens with one attached hydrogen (secondary N) is 1. The third-order valence-electron chi connectivity index (χ3n) is 9.49. The zero-order valence-electron chi connectivity index (χ0n) is 22.5. The van der Waals surface area contributed by atoms with Crippen LogP contribution in [0.2, 0.25) is 5.02 Å². The van der Waals surface area contributed by atoms with E-state index in [1.54, 1.807) is 18.2 Å². The van der Waals surface area contributed by atoms with Crippen molar-refractivity contribution in [3.8, 4) is 5.75 Å². The Labute approximate surface area is 240 Å². The van der Waals surface area contributed by atoms with Crippen molar-refractivity contribution >= 4 is 33.2 Å². The van der Waals surface area contributed by atoms with Gasteiger partial charge in [-0.05, 0) is 105 Å². The van der Waals surface area contributed by atoms with Gasteiger partial charge in [0.2, 0.25) is 10.0 Å². The van der Waals surface area contributed by atoms with E-state index in [1.807, 2.05) is 6.07 Å². The summed E-state index contributed by atoms with van der Waals surface area (Å²) in [6.45, 7) is 1.85. The number of benzene rings is 2. The number of hydrogen-bond donors (Lipinski definition) is 3. The Bertz CT molecular complexity index is 1400. The third kappa shape index (κ3) is 5.45. The highest BCUT2D eigenvalue weighted by molar-refractivity contribution is 7.90. The van der Waals surface area contributed by atoms with E-state index < -0.39 is 28.1 Å². The van der Waals surface area contributed by atoms with Crippen LogP contribution in [0.4, 0.5) is 5.69 Å². The maximum atomic E-state index is 13.1. The number of halogens is 1. The Morgan fingerprint density at radius 2 is 1.90 bits per heavy atom. The Hall–Kier alpha value is -2.33. The minimum absolute atomic E-state index is 0.00397. The van der Waals surface area contributed by atoms with Gasteiger partial charge in [0.15, 0.2) is 0 Å². The fourth-order valence-electron chi connectivity index (χ4n) is 7.13. The molecule has 0 radical (unpaired) electrons. The van der Waals surface area contributed by atoms with Crippen LogP contribution < -0.4 is 14.4 Å². The summed E-state index contributed by atoms with van der Waals surface area (Å²) in [5.41, 5.74) is 3.21. The lowest BCUT2D eigenvalue weighted by Crippen LogP contribution is -2.49. The maximum Gasteiger partial charge on any atom is 0.264 e. The first-order valence-corrected chi connectivity index (χ1v) is 16.4. The molecule has 2 aromatic carbocycles. The van der Waals surface area contributed by atoms with E-state index >= 15 is 0 Å². The predicted octanol–water partition coefficient (Wildman–Crippen LogP) is 3.80. The first-order valence-electron chi connectivity index (χ1n) is 14.3. The molecular weight excluding hydrogens is 552 g/mol. The molecule has 40 heavy (non-hydrogen) atoms. The van der Waals surface area contributed by atoms with Gasteiger partial charge in [0.25, 0.3) is 5.91 Å². The van der Waals surface area contributed by atoms with Gasteiger partial charge in [-0.15, -0.1) is 0 Å². The van der Waals surface area contributed by atoms with Crippen molar-refractivity contribution in [1.29, 1.82) is 0 Å². The number of amides is 1. The Morgan fingerprint density at radius 3 is 2.70 bits per heavy atom. The second kappa shape index (κ2) is 10.8. The van der Waals surface area contributed by atoms with Crippen LogP contribution in [0.15, 0.2) is 36.4 Å². The molecule has 5 atom stereocenters. The summed E-state index contributed by atoms with van der Waals surface area (Å²) in [5, 5.41) is 22.2. The van der Waals surface area contributed by atoms with E-state index in [9.17, 15) is 23.4 Å². The number of nitrogens with zero attached hydrogens (tertiary/aromatic N) is 1. The zero-order chi connectivity index (χ0) is 28.1. The highest BCUT2D eigenvalue weighted by atomic mass is 35.5. The van der Waals surface area contributed by atoms with E-state index in [0.717, 1.165) is 42.8 Å². The topological polar surface area (TPSA) is 116 Å². The van der Waals surface area contributed by atoms with Gasteiger partial charge >= 0.3 is 0 Å². The highest BCUT2D eigenvalue weighted by Gasteiger charge is 2.44. The van der Waals surface area contributed by atoms with Crippen molar-refractivity contribution in [3.63, 3.8) is 0 Å². The molecule has 2 bridgehead atoms. The normalized spacial score (nSPS) is 32.1. The molecule has 1 fully saturated rings. The molecule has 3 N–H and O–H groups in total. The molecule has 216 valence electrons. The molecule has 2 heterocycles. The number of carbonyl (C=O) groups excluding carboxylic acids is 1. The van der Waals surface area contributed by atoms with Crippen LogP contribution in [0.25, 0.3) is 0 Å². The van der Waals surface area contributed by atoms with E-state index in [2.05, 4.69) is 21.8 Å². The van der Waals surface area contributed by atoms with Crippen LogP contribution in [-0.4, -0.2) is 62.2 Å². The van der Waals surface area contributed by atoms with Crippen molar-refractivity contribution < 1.29 is 28.2 Å².